The van der Waals surface area contributed by atoms with Crippen LogP contribution in [0.5, 0.6) is 0 Å². The Kier molecular flexibility index (Phi) is 4.95. The van der Waals surface area contributed by atoms with Crippen molar-refractivity contribution in [2.75, 3.05) is 11.1 Å². The van der Waals surface area contributed by atoms with Crippen LogP contribution >= 0.6 is 15.9 Å². The van der Waals surface area contributed by atoms with Gasteiger partial charge in [-0.1, -0.05) is 19.8 Å². The van der Waals surface area contributed by atoms with Gasteiger partial charge >= 0.3 is 0 Å². The van der Waals surface area contributed by atoms with Crippen LogP contribution in [0.25, 0.3) is 0 Å². The number of hydrogen-bond donors (Lipinski definition) is 2. The van der Waals surface area contributed by atoms with E-state index in [1.807, 2.05) is 18.2 Å². The van der Waals surface area contributed by atoms with Crippen molar-refractivity contribution in [3.05, 3.63) is 22.7 Å². The molecule has 0 aliphatic carbocycles. The Morgan fingerprint density at radius 1 is 1.47 bits per heavy atom. The first-order valence-corrected chi connectivity index (χ1v) is 6.24. The van der Waals surface area contributed by atoms with Crippen LogP contribution in [-0.4, -0.2) is 6.04 Å². The van der Waals surface area contributed by atoms with Crippen LogP contribution in [0, 0.1) is 0 Å². The fourth-order valence-electron chi connectivity index (χ4n) is 1.50. The van der Waals surface area contributed by atoms with Gasteiger partial charge in [0.05, 0.1) is 0 Å². The summed E-state index contributed by atoms with van der Waals surface area (Å²) in [6, 6.07) is 6.36. The number of anilines is 2. The molecule has 0 aromatic heterocycles. The molecule has 0 saturated carbocycles. The van der Waals surface area contributed by atoms with Gasteiger partial charge in [0.25, 0.3) is 0 Å². The van der Waals surface area contributed by atoms with Crippen LogP contribution in [-0.2, 0) is 0 Å². The van der Waals surface area contributed by atoms with Crippen LogP contribution < -0.4 is 11.1 Å². The molecule has 0 aliphatic heterocycles. The fraction of sp³-hybridized carbons (Fsp3) is 0.500. The van der Waals surface area contributed by atoms with E-state index < -0.39 is 0 Å². The predicted octanol–water partition coefficient (Wildman–Crippen LogP) is 4.02. The van der Waals surface area contributed by atoms with E-state index in [0.29, 0.717) is 6.04 Å². The second kappa shape index (κ2) is 6.01. The van der Waals surface area contributed by atoms with Crippen LogP contribution in [0.3, 0.4) is 0 Å². The van der Waals surface area contributed by atoms with E-state index in [2.05, 4.69) is 35.1 Å². The van der Waals surface area contributed by atoms with E-state index in [1.54, 1.807) is 0 Å². The first-order chi connectivity index (χ1) is 7.13. The predicted molar refractivity (Wildman–Crippen MR) is 71.2 cm³/mol. The molecule has 15 heavy (non-hydrogen) atoms. The van der Waals surface area contributed by atoms with Gasteiger partial charge in [0.1, 0.15) is 0 Å². The molecule has 1 unspecified atom stereocenters. The Labute approximate surface area is 100 Å². The molecule has 1 aromatic rings. The van der Waals surface area contributed by atoms with Gasteiger partial charge in [0.2, 0.25) is 0 Å². The lowest BCUT2D eigenvalue weighted by Gasteiger charge is -2.16. The van der Waals surface area contributed by atoms with Crippen molar-refractivity contribution >= 4 is 27.3 Å². The maximum Gasteiger partial charge on any atom is 0.0488 e. The molecule has 2 nitrogen and oxygen atoms in total. The first-order valence-electron chi connectivity index (χ1n) is 5.45. The van der Waals surface area contributed by atoms with Gasteiger partial charge in [-0.15, -0.1) is 0 Å². The molecule has 1 rings (SSSR count). The average Bonchev–Trinajstić information content (AvgIpc) is 2.19. The van der Waals surface area contributed by atoms with Crippen molar-refractivity contribution < 1.29 is 0 Å². The summed E-state index contributed by atoms with van der Waals surface area (Å²) in [5.74, 6) is 0. The second-order valence-electron chi connectivity index (χ2n) is 3.93. The molecule has 0 heterocycles. The van der Waals surface area contributed by atoms with Crippen molar-refractivity contribution in [1.29, 1.82) is 0 Å². The molecule has 3 heteroatoms. The zero-order valence-corrected chi connectivity index (χ0v) is 11.0. The molecule has 0 amide bonds. The van der Waals surface area contributed by atoms with E-state index in [9.17, 15) is 0 Å². The van der Waals surface area contributed by atoms with Gasteiger partial charge < -0.3 is 11.1 Å². The number of nitrogen functional groups attached to an aromatic ring is 1. The molecule has 3 N–H and O–H groups in total. The highest BCUT2D eigenvalue weighted by molar-refractivity contribution is 9.10. The number of rotatable bonds is 5. The molecule has 1 atom stereocenters. The van der Waals surface area contributed by atoms with E-state index in [1.165, 1.54) is 19.3 Å². The number of unbranched alkanes of at least 4 members (excludes halogenated alkanes) is 1. The molecule has 1 aromatic carbocycles. The van der Waals surface area contributed by atoms with Gasteiger partial charge in [-0.25, -0.2) is 0 Å². The van der Waals surface area contributed by atoms with E-state index in [4.69, 9.17) is 5.73 Å². The topological polar surface area (TPSA) is 38.0 Å². The fourth-order valence-corrected chi connectivity index (χ4v) is 2.01. The average molecular weight is 271 g/mol. The lowest BCUT2D eigenvalue weighted by atomic mass is 10.1. The van der Waals surface area contributed by atoms with Crippen molar-refractivity contribution in [3.63, 3.8) is 0 Å². The molecule has 0 radical (unpaired) electrons. The molecular formula is C12H19BrN2. The highest BCUT2D eigenvalue weighted by Crippen LogP contribution is 2.25. The molecule has 0 fully saturated rings. The normalized spacial score (nSPS) is 12.5. The minimum absolute atomic E-state index is 0.505. The third-order valence-electron chi connectivity index (χ3n) is 2.39. The highest BCUT2D eigenvalue weighted by atomic mass is 79.9. The number of nitrogens with one attached hydrogen (secondary N) is 1. The summed E-state index contributed by atoms with van der Waals surface area (Å²) in [6.45, 7) is 4.42. The van der Waals surface area contributed by atoms with E-state index in [-0.39, 0.29) is 0 Å². The van der Waals surface area contributed by atoms with Gasteiger partial charge in [0, 0.05) is 21.9 Å². The Hall–Kier alpha value is -0.700. The van der Waals surface area contributed by atoms with E-state index >= 15 is 0 Å². The van der Waals surface area contributed by atoms with Crippen LogP contribution in [0.1, 0.15) is 33.1 Å². The summed E-state index contributed by atoms with van der Waals surface area (Å²) in [6.07, 6.45) is 3.71. The van der Waals surface area contributed by atoms with Gasteiger partial charge in [0.15, 0.2) is 0 Å². The number of nitrogens with two attached hydrogens (primary N) is 1. The van der Waals surface area contributed by atoms with Crippen molar-refractivity contribution in [1.82, 2.24) is 0 Å². The minimum atomic E-state index is 0.505. The van der Waals surface area contributed by atoms with Crippen molar-refractivity contribution in [3.8, 4) is 0 Å². The minimum Gasteiger partial charge on any atom is -0.399 e. The standard InChI is InChI=1S/C12H19BrN2/c1-3-4-5-9(2)15-12-7-6-10(14)8-11(12)13/h6-9,15H,3-5,14H2,1-2H3. The molecular weight excluding hydrogens is 252 g/mol. The van der Waals surface area contributed by atoms with Crippen LogP contribution in [0.2, 0.25) is 0 Å². The van der Waals surface area contributed by atoms with E-state index in [0.717, 1.165) is 15.8 Å². The lowest BCUT2D eigenvalue weighted by molar-refractivity contribution is 0.645. The summed E-state index contributed by atoms with van der Waals surface area (Å²) in [5.41, 5.74) is 7.58. The molecule has 0 saturated heterocycles. The number of benzene rings is 1. The summed E-state index contributed by atoms with van der Waals surface area (Å²) in [7, 11) is 0. The first kappa shape index (κ1) is 12.4. The van der Waals surface area contributed by atoms with Crippen LogP contribution in [0.15, 0.2) is 22.7 Å². The highest BCUT2D eigenvalue weighted by Gasteiger charge is 2.04. The third-order valence-corrected chi connectivity index (χ3v) is 3.04. The SMILES string of the molecule is CCCCC(C)Nc1ccc(N)cc1Br. The van der Waals surface area contributed by atoms with Crippen LogP contribution in [0.4, 0.5) is 11.4 Å². The number of halogens is 1. The maximum absolute atomic E-state index is 5.68. The number of hydrogen-bond acceptors (Lipinski definition) is 2. The summed E-state index contributed by atoms with van der Waals surface area (Å²) in [4.78, 5) is 0. The third kappa shape index (κ3) is 4.12. The Morgan fingerprint density at radius 3 is 2.80 bits per heavy atom. The maximum atomic E-state index is 5.68. The molecule has 0 aliphatic rings. The quantitative estimate of drug-likeness (QED) is 0.794. The monoisotopic (exact) mass is 270 g/mol. The largest absolute Gasteiger partial charge is 0.399 e. The molecule has 0 bridgehead atoms. The zero-order chi connectivity index (χ0) is 11.3. The van der Waals surface area contributed by atoms with Crippen molar-refractivity contribution in [2.24, 2.45) is 0 Å². The smallest absolute Gasteiger partial charge is 0.0488 e. The molecule has 84 valence electrons. The van der Waals surface area contributed by atoms with Crippen molar-refractivity contribution in [2.45, 2.75) is 39.2 Å². The Morgan fingerprint density at radius 2 is 2.20 bits per heavy atom. The molecule has 0 spiro atoms. The second-order valence-corrected chi connectivity index (χ2v) is 4.78. The van der Waals surface area contributed by atoms with Gasteiger partial charge in [-0.05, 0) is 47.5 Å². The summed E-state index contributed by atoms with van der Waals surface area (Å²) < 4.78 is 1.03. The summed E-state index contributed by atoms with van der Waals surface area (Å²) >= 11 is 3.50. The van der Waals surface area contributed by atoms with Gasteiger partial charge in [-0.3, -0.25) is 0 Å². The van der Waals surface area contributed by atoms with Gasteiger partial charge in [-0.2, -0.15) is 0 Å². The lowest BCUT2D eigenvalue weighted by Crippen LogP contribution is -2.15. The Balaban J connectivity index is 2.56. The Bertz CT molecular complexity index is 312. The zero-order valence-electron chi connectivity index (χ0n) is 9.39. The summed E-state index contributed by atoms with van der Waals surface area (Å²) in [5, 5.41) is 3.47.